The van der Waals surface area contributed by atoms with Crippen molar-refractivity contribution in [2.75, 3.05) is 13.2 Å². The van der Waals surface area contributed by atoms with Crippen LogP contribution in [0.1, 0.15) is 73.1 Å². The van der Waals surface area contributed by atoms with Gasteiger partial charge < -0.3 is 9.47 Å². The minimum Gasteiger partial charge on any atom is -0.462 e. The summed E-state index contributed by atoms with van der Waals surface area (Å²) in [6.07, 6.45) is 8.90. The molecule has 0 N–H and O–H groups in total. The largest absolute Gasteiger partial charge is 0.462 e. The number of nitrogens with zero attached hydrogens (tertiary/aromatic N) is 2. The summed E-state index contributed by atoms with van der Waals surface area (Å²) in [5, 5.41) is 1.34. The quantitative estimate of drug-likeness (QED) is 0.166. The molecular formula is C30H32N2O4. The van der Waals surface area contributed by atoms with E-state index >= 15 is 0 Å². The van der Waals surface area contributed by atoms with Gasteiger partial charge in [-0.25, -0.2) is 9.59 Å². The summed E-state index contributed by atoms with van der Waals surface area (Å²) >= 11 is 0. The number of unbranched alkanes of at least 4 members (excludes halogenated alkanes) is 4. The van der Waals surface area contributed by atoms with Gasteiger partial charge in [0.05, 0.1) is 35.4 Å². The van der Waals surface area contributed by atoms with Crippen LogP contribution < -0.4 is 0 Å². The number of rotatable bonds is 11. The van der Waals surface area contributed by atoms with E-state index in [0.717, 1.165) is 38.5 Å². The van der Waals surface area contributed by atoms with Crippen LogP contribution >= 0.6 is 0 Å². The molecule has 2 aromatic heterocycles. The number of benzene rings is 2. The Hall–Kier alpha value is -3.80. The van der Waals surface area contributed by atoms with Crippen molar-refractivity contribution in [2.24, 2.45) is 0 Å². The predicted octanol–water partition coefficient (Wildman–Crippen LogP) is 7.14. The Morgan fingerprint density at radius 2 is 1.06 bits per heavy atom. The lowest BCUT2D eigenvalue weighted by atomic mass is 9.93. The maximum Gasteiger partial charge on any atom is 0.339 e. The van der Waals surface area contributed by atoms with E-state index in [1.54, 1.807) is 12.4 Å². The first-order valence-electron chi connectivity index (χ1n) is 12.8. The Morgan fingerprint density at radius 3 is 1.47 bits per heavy atom. The highest BCUT2D eigenvalue weighted by atomic mass is 16.5. The molecule has 0 spiro atoms. The van der Waals surface area contributed by atoms with Crippen LogP contribution in [0.25, 0.3) is 32.9 Å². The number of ether oxygens (including phenoxy) is 2. The monoisotopic (exact) mass is 484 g/mol. The first kappa shape index (κ1) is 25.3. The summed E-state index contributed by atoms with van der Waals surface area (Å²) in [6.45, 7) is 4.88. The maximum atomic E-state index is 13.4. The molecule has 6 heteroatoms. The second-order valence-corrected chi connectivity index (χ2v) is 8.81. The third kappa shape index (κ3) is 5.54. The standard InChI is InChI=1S/C30H32N2O4/c1-3-5-11-17-35-29(33)27-21-13-7-9-15-25(21)31-19-23(27)24-20-32-26-16-10-8-14-22(26)28(24)30(34)36-18-12-6-4-2/h7-10,13-16,19-20H,3-6,11-12,17-18H2,1-2H3. The second-order valence-electron chi connectivity index (χ2n) is 8.81. The molecule has 0 radical (unpaired) electrons. The number of hydrogen-bond acceptors (Lipinski definition) is 6. The lowest BCUT2D eigenvalue weighted by Gasteiger charge is -2.16. The number of carbonyl (C=O) groups is 2. The fourth-order valence-electron chi connectivity index (χ4n) is 4.31. The Balaban J connectivity index is 1.85. The minimum absolute atomic E-state index is 0.338. The minimum atomic E-state index is -0.435. The molecule has 0 saturated carbocycles. The second kappa shape index (κ2) is 12.2. The average molecular weight is 485 g/mol. The average Bonchev–Trinajstić information content (AvgIpc) is 2.92. The molecule has 0 atom stereocenters. The molecule has 0 fully saturated rings. The van der Waals surface area contributed by atoms with E-state index in [-0.39, 0.29) is 0 Å². The number of pyridine rings is 2. The van der Waals surface area contributed by atoms with E-state index in [9.17, 15) is 9.59 Å². The number of para-hydroxylation sites is 2. The maximum absolute atomic E-state index is 13.4. The molecule has 36 heavy (non-hydrogen) atoms. The Labute approximate surface area is 211 Å². The summed E-state index contributed by atoms with van der Waals surface area (Å²) in [5.74, 6) is -0.870. The molecule has 0 aliphatic rings. The van der Waals surface area contributed by atoms with E-state index in [4.69, 9.17) is 9.47 Å². The van der Waals surface area contributed by atoms with Gasteiger partial charge in [-0.15, -0.1) is 0 Å². The molecule has 0 saturated heterocycles. The topological polar surface area (TPSA) is 78.4 Å². The normalized spacial score (nSPS) is 11.1. The summed E-state index contributed by atoms with van der Waals surface area (Å²) in [7, 11) is 0. The molecule has 2 heterocycles. The van der Waals surface area contributed by atoms with E-state index in [0.29, 0.717) is 57.3 Å². The van der Waals surface area contributed by atoms with Gasteiger partial charge in [-0.2, -0.15) is 0 Å². The van der Waals surface area contributed by atoms with Crippen molar-refractivity contribution in [3.05, 3.63) is 72.1 Å². The SMILES string of the molecule is CCCCCOC(=O)c1c(-c2cnc3ccccc3c2C(=O)OCCCCC)cnc2ccccc12. The smallest absolute Gasteiger partial charge is 0.339 e. The molecule has 4 aromatic rings. The third-order valence-corrected chi connectivity index (χ3v) is 6.21. The van der Waals surface area contributed by atoms with E-state index in [1.165, 1.54) is 0 Å². The molecule has 4 rings (SSSR count). The molecular weight excluding hydrogens is 452 g/mol. The van der Waals surface area contributed by atoms with Crippen molar-refractivity contribution in [2.45, 2.75) is 52.4 Å². The van der Waals surface area contributed by atoms with Crippen LogP contribution in [0.3, 0.4) is 0 Å². The van der Waals surface area contributed by atoms with Crippen LogP contribution in [0.5, 0.6) is 0 Å². The summed E-state index contributed by atoms with van der Waals surface area (Å²) in [4.78, 5) is 36.0. The van der Waals surface area contributed by atoms with E-state index in [2.05, 4.69) is 23.8 Å². The van der Waals surface area contributed by atoms with Crippen LogP contribution in [0.2, 0.25) is 0 Å². The molecule has 2 aromatic carbocycles. The van der Waals surface area contributed by atoms with Gasteiger partial charge in [-0.05, 0) is 25.0 Å². The fraction of sp³-hybridized carbons (Fsp3) is 0.333. The Kier molecular flexibility index (Phi) is 8.61. The zero-order chi connectivity index (χ0) is 25.3. The van der Waals surface area contributed by atoms with Crippen LogP contribution in [0, 0.1) is 0 Å². The summed E-state index contributed by atoms with van der Waals surface area (Å²) in [5.41, 5.74) is 3.14. The lowest BCUT2D eigenvalue weighted by molar-refractivity contribution is 0.0489. The first-order chi connectivity index (χ1) is 17.7. The lowest BCUT2D eigenvalue weighted by Crippen LogP contribution is -2.13. The zero-order valence-corrected chi connectivity index (χ0v) is 21.0. The zero-order valence-electron chi connectivity index (χ0n) is 21.0. The molecule has 0 aliphatic carbocycles. The summed E-state index contributed by atoms with van der Waals surface area (Å²) in [6, 6.07) is 14.9. The van der Waals surface area contributed by atoms with E-state index < -0.39 is 11.9 Å². The molecule has 0 aliphatic heterocycles. The van der Waals surface area contributed by atoms with Gasteiger partial charge in [0, 0.05) is 34.3 Å². The van der Waals surface area contributed by atoms with Gasteiger partial charge in [0.15, 0.2) is 0 Å². The fourth-order valence-corrected chi connectivity index (χ4v) is 4.31. The molecule has 0 bridgehead atoms. The number of fused-ring (bicyclic) bond motifs is 2. The first-order valence-corrected chi connectivity index (χ1v) is 12.8. The van der Waals surface area contributed by atoms with Gasteiger partial charge >= 0.3 is 11.9 Å². The molecule has 6 nitrogen and oxygen atoms in total. The van der Waals surface area contributed by atoms with Crippen molar-refractivity contribution >= 4 is 33.7 Å². The predicted molar refractivity (Wildman–Crippen MR) is 142 cm³/mol. The van der Waals surface area contributed by atoms with Crippen molar-refractivity contribution in [3.63, 3.8) is 0 Å². The highest BCUT2D eigenvalue weighted by Crippen LogP contribution is 2.35. The molecule has 186 valence electrons. The van der Waals surface area contributed by atoms with Crippen LogP contribution in [-0.4, -0.2) is 35.1 Å². The Morgan fingerprint density at radius 1 is 0.639 bits per heavy atom. The van der Waals surface area contributed by atoms with Gasteiger partial charge in [0.25, 0.3) is 0 Å². The number of hydrogen-bond donors (Lipinski definition) is 0. The van der Waals surface area contributed by atoms with Crippen molar-refractivity contribution < 1.29 is 19.1 Å². The molecule has 0 amide bonds. The summed E-state index contributed by atoms with van der Waals surface area (Å²) < 4.78 is 11.4. The Bertz CT molecular complexity index is 1260. The van der Waals surface area contributed by atoms with Gasteiger partial charge in [-0.1, -0.05) is 75.9 Å². The highest BCUT2D eigenvalue weighted by Gasteiger charge is 2.25. The van der Waals surface area contributed by atoms with Crippen molar-refractivity contribution in [1.29, 1.82) is 0 Å². The number of esters is 2. The van der Waals surface area contributed by atoms with Gasteiger partial charge in [0.2, 0.25) is 0 Å². The van der Waals surface area contributed by atoms with Crippen LogP contribution in [0.4, 0.5) is 0 Å². The van der Waals surface area contributed by atoms with Crippen molar-refractivity contribution in [3.8, 4) is 11.1 Å². The molecule has 0 unspecified atom stereocenters. The highest BCUT2D eigenvalue weighted by molar-refractivity contribution is 6.14. The van der Waals surface area contributed by atoms with Gasteiger partial charge in [0.1, 0.15) is 0 Å². The third-order valence-electron chi connectivity index (χ3n) is 6.21. The van der Waals surface area contributed by atoms with Crippen LogP contribution in [0.15, 0.2) is 60.9 Å². The number of aromatic nitrogens is 2. The van der Waals surface area contributed by atoms with Crippen molar-refractivity contribution in [1.82, 2.24) is 9.97 Å². The van der Waals surface area contributed by atoms with E-state index in [1.807, 2.05) is 48.5 Å². The van der Waals surface area contributed by atoms with Gasteiger partial charge in [-0.3, -0.25) is 9.97 Å². The number of carbonyl (C=O) groups excluding carboxylic acids is 2. The van der Waals surface area contributed by atoms with Crippen LogP contribution in [-0.2, 0) is 9.47 Å².